The predicted octanol–water partition coefficient (Wildman–Crippen LogP) is 1.35. The molecule has 4 N–H and O–H groups in total. The smallest absolute Gasteiger partial charge is 0.333 e. The number of carbonyl (C=O) groups is 1. The molecule has 0 saturated heterocycles. The van der Waals surface area contributed by atoms with E-state index in [1.165, 1.54) is 0 Å². The van der Waals surface area contributed by atoms with Crippen molar-refractivity contribution in [3.63, 3.8) is 0 Å². The van der Waals surface area contributed by atoms with Crippen molar-refractivity contribution in [2.75, 3.05) is 24.7 Å². The second-order valence-corrected chi connectivity index (χ2v) is 3.60. The van der Waals surface area contributed by atoms with E-state index in [0.717, 1.165) is 0 Å². The topological polar surface area (TPSA) is 87.6 Å². The lowest BCUT2D eigenvalue weighted by Crippen LogP contribution is -2.12. The first-order valence-electron chi connectivity index (χ1n) is 5.10. The van der Waals surface area contributed by atoms with Crippen LogP contribution < -0.4 is 16.2 Å². The second kappa shape index (κ2) is 5.79. The summed E-state index contributed by atoms with van der Waals surface area (Å²) in [5.74, 6) is 0.120. The molecule has 92 valence electrons. The van der Waals surface area contributed by atoms with E-state index in [0.29, 0.717) is 22.7 Å². The Hall–Kier alpha value is -2.17. The predicted molar refractivity (Wildman–Crippen MR) is 66.5 cm³/mol. The van der Waals surface area contributed by atoms with Crippen molar-refractivity contribution in [2.45, 2.75) is 6.92 Å². The van der Waals surface area contributed by atoms with Crippen LogP contribution in [0.5, 0.6) is 5.75 Å². The van der Waals surface area contributed by atoms with Crippen LogP contribution in [0.15, 0.2) is 30.4 Å². The van der Waals surface area contributed by atoms with E-state index in [1.54, 1.807) is 25.1 Å². The first-order valence-corrected chi connectivity index (χ1v) is 5.10. The molecule has 0 spiro atoms. The van der Waals surface area contributed by atoms with E-state index in [1.807, 2.05) is 0 Å². The van der Waals surface area contributed by atoms with Crippen molar-refractivity contribution in [2.24, 2.45) is 0 Å². The summed E-state index contributed by atoms with van der Waals surface area (Å²) in [5.41, 5.74) is 12.6. The SMILES string of the molecule is C=C(C)C(=O)OCCOc1cc(N)cc(N)c1. The Kier molecular flexibility index (Phi) is 4.39. The van der Waals surface area contributed by atoms with Crippen LogP contribution in [-0.4, -0.2) is 19.2 Å². The van der Waals surface area contributed by atoms with E-state index in [9.17, 15) is 4.79 Å². The molecule has 0 aliphatic heterocycles. The Morgan fingerprint density at radius 3 is 2.35 bits per heavy atom. The van der Waals surface area contributed by atoms with Gasteiger partial charge in [-0.05, 0) is 13.0 Å². The zero-order valence-electron chi connectivity index (χ0n) is 9.73. The molecule has 1 aromatic carbocycles. The third kappa shape index (κ3) is 4.46. The normalized spacial score (nSPS) is 9.71. The van der Waals surface area contributed by atoms with Gasteiger partial charge in [0.15, 0.2) is 0 Å². The number of esters is 1. The quantitative estimate of drug-likeness (QED) is 0.349. The fourth-order valence-electron chi connectivity index (χ4n) is 1.15. The van der Waals surface area contributed by atoms with E-state index in [4.69, 9.17) is 20.9 Å². The van der Waals surface area contributed by atoms with Crippen LogP contribution >= 0.6 is 0 Å². The van der Waals surface area contributed by atoms with E-state index < -0.39 is 5.97 Å². The van der Waals surface area contributed by atoms with Crippen LogP contribution in [0.4, 0.5) is 11.4 Å². The third-order valence-electron chi connectivity index (χ3n) is 1.88. The molecular weight excluding hydrogens is 220 g/mol. The van der Waals surface area contributed by atoms with Gasteiger partial charge in [0.25, 0.3) is 0 Å². The lowest BCUT2D eigenvalue weighted by atomic mass is 10.3. The Labute approximate surface area is 100.0 Å². The van der Waals surface area contributed by atoms with Crippen molar-refractivity contribution >= 4 is 17.3 Å². The van der Waals surface area contributed by atoms with Crippen LogP contribution in [0.3, 0.4) is 0 Å². The highest BCUT2D eigenvalue weighted by Crippen LogP contribution is 2.19. The molecule has 1 rings (SSSR count). The van der Waals surface area contributed by atoms with Gasteiger partial charge in [0, 0.05) is 29.1 Å². The summed E-state index contributed by atoms with van der Waals surface area (Å²) in [6, 6.07) is 4.93. The molecular formula is C12H16N2O3. The molecule has 0 amide bonds. The first kappa shape index (κ1) is 12.9. The van der Waals surface area contributed by atoms with Gasteiger partial charge in [-0.1, -0.05) is 6.58 Å². The molecule has 0 aliphatic carbocycles. The molecule has 0 unspecified atom stereocenters. The molecule has 0 aliphatic rings. The summed E-state index contributed by atoms with van der Waals surface area (Å²) in [6.07, 6.45) is 0. The molecule has 17 heavy (non-hydrogen) atoms. The van der Waals surface area contributed by atoms with E-state index in [-0.39, 0.29) is 13.2 Å². The zero-order chi connectivity index (χ0) is 12.8. The molecule has 5 heteroatoms. The second-order valence-electron chi connectivity index (χ2n) is 3.60. The number of nitrogen functional groups attached to an aromatic ring is 2. The molecule has 0 heterocycles. The number of rotatable bonds is 5. The van der Waals surface area contributed by atoms with Crippen LogP contribution in [-0.2, 0) is 9.53 Å². The van der Waals surface area contributed by atoms with Crippen LogP contribution in [0.2, 0.25) is 0 Å². The average Bonchev–Trinajstić information content (AvgIpc) is 2.22. The van der Waals surface area contributed by atoms with Crippen molar-refractivity contribution in [1.82, 2.24) is 0 Å². The molecule has 0 bridgehead atoms. The average molecular weight is 236 g/mol. The van der Waals surface area contributed by atoms with Crippen molar-refractivity contribution in [3.05, 3.63) is 30.4 Å². The fraction of sp³-hybridized carbons (Fsp3) is 0.250. The molecule has 0 atom stereocenters. The van der Waals surface area contributed by atoms with Crippen LogP contribution in [0, 0.1) is 0 Å². The molecule has 0 aromatic heterocycles. The monoisotopic (exact) mass is 236 g/mol. The van der Waals surface area contributed by atoms with Gasteiger partial charge in [0.05, 0.1) is 0 Å². The van der Waals surface area contributed by atoms with Crippen molar-refractivity contribution in [1.29, 1.82) is 0 Å². The third-order valence-corrected chi connectivity index (χ3v) is 1.88. The van der Waals surface area contributed by atoms with Gasteiger partial charge < -0.3 is 20.9 Å². The lowest BCUT2D eigenvalue weighted by Gasteiger charge is -2.08. The largest absolute Gasteiger partial charge is 0.490 e. The van der Waals surface area contributed by atoms with Gasteiger partial charge in [0.2, 0.25) is 0 Å². The highest BCUT2D eigenvalue weighted by Gasteiger charge is 2.03. The molecule has 0 fully saturated rings. The summed E-state index contributed by atoms with van der Waals surface area (Å²) < 4.78 is 10.2. The molecule has 0 saturated carbocycles. The van der Waals surface area contributed by atoms with Gasteiger partial charge in [-0.3, -0.25) is 0 Å². The number of ether oxygens (including phenoxy) is 2. The zero-order valence-corrected chi connectivity index (χ0v) is 9.73. The molecule has 0 radical (unpaired) electrons. The van der Waals surface area contributed by atoms with Gasteiger partial charge >= 0.3 is 5.97 Å². The Morgan fingerprint density at radius 2 is 1.82 bits per heavy atom. The number of hydrogen-bond acceptors (Lipinski definition) is 5. The van der Waals surface area contributed by atoms with Gasteiger partial charge in [-0.2, -0.15) is 0 Å². The number of hydrogen-bond donors (Lipinski definition) is 2. The first-order chi connectivity index (χ1) is 7.99. The number of nitrogens with two attached hydrogens (primary N) is 2. The standard InChI is InChI=1S/C12H16N2O3/c1-8(2)12(15)17-4-3-16-11-6-9(13)5-10(14)7-11/h5-7H,1,3-4,13-14H2,2H3. The number of carbonyl (C=O) groups excluding carboxylic acids is 1. The molecule has 5 nitrogen and oxygen atoms in total. The maximum Gasteiger partial charge on any atom is 0.333 e. The Bertz CT molecular complexity index is 410. The van der Waals surface area contributed by atoms with Crippen LogP contribution in [0.25, 0.3) is 0 Å². The van der Waals surface area contributed by atoms with Gasteiger partial charge in [0.1, 0.15) is 19.0 Å². The minimum atomic E-state index is -0.430. The molecule has 1 aromatic rings. The maximum atomic E-state index is 11.0. The summed E-state index contributed by atoms with van der Waals surface area (Å²) in [4.78, 5) is 11.0. The fourth-order valence-corrected chi connectivity index (χ4v) is 1.15. The minimum Gasteiger partial charge on any atom is -0.490 e. The summed E-state index contributed by atoms with van der Waals surface area (Å²) in [7, 11) is 0. The van der Waals surface area contributed by atoms with Crippen LogP contribution in [0.1, 0.15) is 6.92 Å². The Morgan fingerprint density at radius 1 is 1.24 bits per heavy atom. The highest BCUT2D eigenvalue weighted by atomic mass is 16.6. The van der Waals surface area contributed by atoms with Crippen molar-refractivity contribution < 1.29 is 14.3 Å². The van der Waals surface area contributed by atoms with Gasteiger partial charge in [-0.15, -0.1) is 0 Å². The summed E-state index contributed by atoms with van der Waals surface area (Å²) in [6.45, 7) is 5.44. The maximum absolute atomic E-state index is 11.0. The highest BCUT2D eigenvalue weighted by molar-refractivity contribution is 5.86. The Balaban J connectivity index is 2.36. The summed E-state index contributed by atoms with van der Waals surface area (Å²) in [5, 5.41) is 0. The van der Waals surface area contributed by atoms with E-state index >= 15 is 0 Å². The summed E-state index contributed by atoms with van der Waals surface area (Å²) >= 11 is 0. The number of benzene rings is 1. The lowest BCUT2D eigenvalue weighted by molar-refractivity contribution is -0.139. The van der Waals surface area contributed by atoms with Crippen molar-refractivity contribution in [3.8, 4) is 5.75 Å². The van der Waals surface area contributed by atoms with Gasteiger partial charge in [-0.25, -0.2) is 4.79 Å². The van der Waals surface area contributed by atoms with E-state index in [2.05, 4.69) is 6.58 Å². The number of anilines is 2. The minimum absolute atomic E-state index is 0.153.